The van der Waals surface area contributed by atoms with E-state index in [4.69, 9.17) is 9.47 Å². The number of ether oxygens (including phenoxy) is 2. The third-order valence-electron chi connectivity index (χ3n) is 9.00. The summed E-state index contributed by atoms with van der Waals surface area (Å²) in [6.07, 6.45) is 18.1. The highest BCUT2D eigenvalue weighted by Crippen LogP contribution is 2.28. The number of Topliss-reactive ketones (excluding diaryl/α,β-unsaturated/α-hetero) is 1. The van der Waals surface area contributed by atoms with Crippen molar-refractivity contribution in [1.82, 2.24) is 0 Å². The van der Waals surface area contributed by atoms with E-state index in [2.05, 4.69) is 6.92 Å². The molecule has 2 heterocycles. The molecule has 0 aliphatic carbocycles. The first kappa shape index (κ1) is 37.9. The van der Waals surface area contributed by atoms with Crippen molar-refractivity contribution >= 4 is 11.8 Å². The Morgan fingerprint density at radius 1 is 0.767 bits per heavy atom. The molecule has 43 heavy (non-hydrogen) atoms. The largest absolute Gasteiger partial charge is 0.455 e. The molecule has 2 aliphatic rings. The summed E-state index contributed by atoms with van der Waals surface area (Å²) in [6.45, 7) is 3.97. The fraction of sp³-hybridized carbons (Fsp3) is 0.886. The fourth-order valence-electron chi connectivity index (χ4n) is 6.31. The number of carbonyl (C=O) groups is 2. The van der Waals surface area contributed by atoms with E-state index in [1.165, 1.54) is 32.1 Å². The lowest BCUT2D eigenvalue weighted by molar-refractivity contribution is -0.139. The molecule has 0 aromatic carbocycles. The lowest BCUT2D eigenvalue weighted by Gasteiger charge is -2.22. The minimum Gasteiger partial charge on any atom is -0.455 e. The number of carbonyl (C=O) groups excluding carboxylic acids is 2. The van der Waals surface area contributed by atoms with E-state index in [1.54, 1.807) is 13.0 Å². The molecule has 0 saturated carbocycles. The van der Waals surface area contributed by atoms with E-state index >= 15 is 0 Å². The molecule has 2 rings (SSSR count). The maximum absolute atomic E-state index is 12.2. The summed E-state index contributed by atoms with van der Waals surface area (Å²) in [6, 6.07) is 0. The van der Waals surface area contributed by atoms with Crippen LogP contribution in [-0.2, 0) is 19.1 Å². The smallest absolute Gasteiger partial charge is 0.334 e. The summed E-state index contributed by atoms with van der Waals surface area (Å²) in [7, 11) is 0. The van der Waals surface area contributed by atoms with Crippen molar-refractivity contribution in [3.05, 3.63) is 11.6 Å². The molecule has 2 aliphatic heterocycles. The van der Waals surface area contributed by atoms with E-state index in [0.717, 1.165) is 77.0 Å². The Morgan fingerprint density at radius 3 is 1.79 bits per heavy atom. The molecule has 0 aromatic heterocycles. The van der Waals surface area contributed by atoms with E-state index < -0.39 is 30.4 Å². The van der Waals surface area contributed by atoms with Crippen LogP contribution in [0.15, 0.2) is 11.6 Å². The summed E-state index contributed by atoms with van der Waals surface area (Å²) in [5, 5.41) is 41.4. The van der Waals surface area contributed by atoms with Gasteiger partial charge in [-0.15, -0.1) is 0 Å². The van der Waals surface area contributed by atoms with Gasteiger partial charge in [0.05, 0.1) is 36.6 Å². The number of rotatable bonds is 26. The minimum atomic E-state index is -0.765. The molecule has 8 nitrogen and oxygen atoms in total. The van der Waals surface area contributed by atoms with Crippen molar-refractivity contribution in [3.8, 4) is 0 Å². The highest BCUT2D eigenvalue weighted by Gasteiger charge is 2.34. The summed E-state index contributed by atoms with van der Waals surface area (Å²) in [4.78, 5) is 23.8. The Morgan fingerprint density at radius 2 is 1.28 bits per heavy atom. The van der Waals surface area contributed by atoms with Crippen LogP contribution in [0.4, 0.5) is 0 Å². The zero-order valence-corrected chi connectivity index (χ0v) is 27.1. The van der Waals surface area contributed by atoms with E-state index in [-0.39, 0.29) is 49.8 Å². The Labute approximate surface area is 260 Å². The van der Waals surface area contributed by atoms with Gasteiger partial charge in [0.2, 0.25) is 0 Å². The minimum absolute atomic E-state index is 0.0573. The van der Waals surface area contributed by atoms with Crippen LogP contribution in [0.3, 0.4) is 0 Å². The van der Waals surface area contributed by atoms with Gasteiger partial charge in [0.1, 0.15) is 11.9 Å². The molecule has 0 radical (unpaired) electrons. The number of ketones is 1. The summed E-state index contributed by atoms with van der Waals surface area (Å²) in [5.74, 6) is -0.453. The van der Waals surface area contributed by atoms with Crippen LogP contribution in [0.2, 0.25) is 0 Å². The molecule has 7 atom stereocenters. The van der Waals surface area contributed by atoms with Gasteiger partial charge in [0.15, 0.2) is 0 Å². The van der Waals surface area contributed by atoms with Crippen molar-refractivity contribution in [2.24, 2.45) is 0 Å². The van der Waals surface area contributed by atoms with Gasteiger partial charge in [0, 0.05) is 24.8 Å². The van der Waals surface area contributed by atoms with E-state index in [1.807, 2.05) is 0 Å². The normalized spacial score (nSPS) is 23.2. The van der Waals surface area contributed by atoms with Crippen molar-refractivity contribution in [2.45, 2.75) is 198 Å². The second-order valence-corrected chi connectivity index (χ2v) is 13.1. The number of hydrogen-bond acceptors (Lipinski definition) is 8. The zero-order valence-electron chi connectivity index (χ0n) is 27.1. The Kier molecular flexibility index (Phi) is 19.6. The first-order chi connectivity index (χ1) is 20.7. The SMILES string of the molecule is CCCCCCC[C@H](O)[C@H]1CC[C@@H]([C@H](O)CCCCCCCCCC[C@@H](O)CC(=O)CC[C@@H](O)CC2=C[C@H](C)OC2=O)O1. The quantitative estimate of drug-likeness (QED) is 0.0668. The Bertz CT molecular complexity index is 799. The molecule has 0 spiro atoms. The van der Waals surface area contributed by atoms with Crippen molar-refractivity contribution in [2.75, 3.05) is 0 Å². The zero-order chi connectivity index (χ0) is 31.5. The molecule has 0 aromatic rings. The van der Waals surface area contributed by atoms with Gasteiger partial charge in [-0.1, -0.05) is 90.4 Å². The van der Waals surface area contributed by atoms with E-state index in [0.29, 0.717) is 12.0 Å². The van der Waals surface area contributed by atoms with Crippen LogP contribution in [0.25, 0.3) is 0 Å². The number of unbranched alkanes of at least 4 members (excludes halogenated alkanes) is 11. The highest BCUT2D eigenvalue weighted by atomic mass is 16.5. The van der Waals surface area contributed by atoms with Gasteiger partial charge in [-0.3, -0.25) is 4.79 Å². The first-order valence-corrected chi connectivity index (χ1v) is 17.5. The van der Waals surface area contributed by atoms with Crippen LogP contribution in [-0.4, -0.2) is 74.9 Å². The predicted molar refractivity (Wildman–Crippen MR) is 169 cm³/mol. The van der Waals surface area contributed by atoms with Gasteiger partial charge < -0.3 is 29.9 Å². The second kappa shape index (κ2) is 22.2. The Hall–Kier alpha value is -1.32. The number of cyclic esters (lactones) is 1. The molecule has 250 valence electrons. The maximum Gasteiger partial charge on any atom is 0.334 e. The molecule has 1 saturated heterocycles. The van der Waals surface area contributed by atoms with Crippen LogP contribution in [0.1, 0.15) is 155 Å². The van der Waals surface area contributed by atoms with Gasteiger partial charge >= 0.3 is 5.97 Å². The van der Waals surface area contributed by atoms with Gasteiger partial charge in [-0.2, -0.15) is 0 Å². The number of aliphatic hydroxyl groups excluding tert-OH is 4. The highest BCUT2D eigenvalue weighted by molar-refractivity contribution is 5.90. The van der Waals surface area contributed by atoms with Crippen LogP contribution in [0, 0.1) is 0 Å². The third kappa shape index (κ3) is 16.5. The van der Waals surface area contributed by atoms with Crippen molar-refractivity contribution < 1.29 is 39.5 Å². The van der Waals surface area contributed by atoms with Crippen LogP contribution >= 0.6 is 0 Å². The molecular formula is C35H62O8. The molecule has 1 fully saturated rings. The first-order valence-electron chi connectivity index (χ1n) is 17.5. The number of esters is 1. The molecule has 8 heteroatoms. The molecular weight excluding hydrogens is 548 g/mol. The molecule has 0 unspecified atom stereocenters. The van der Waals surface area contributed by atoms with Crippen LogP contribution in [0.5, 0.6) is 0 Å². The average Bonchev–Trinajstić information content (AvgIpc) is 3.59. The Balaban J connectivity index is 1.39. The summed E-state index contributed by atoms with van der Waals surface area (Å²) >= 11 is 0. The summed E-state index contributed by atoms with van der Waals surface area (Å²) in [5.41, 5.74) is 0.467. The maximum atomic E-state index is 12.2. The molecule has 0 bridgehead atoms. The van der Waals surface area contributed by atoms with E-state index in [9.17, 15) is 30.0 Å². The van der Waals surface area contributed by atoms with Crippen molar-refractivity contribution in [3.63, 3.8) is 0 Å². The standard InChI is InChI=1S/C35H62O8/c1-3-4-5-10-14-17-31(39)33-21-22-34(43-33)32(40)18-15-12-9-7-6-8-11-13-16-28(36)25-30(38)20-19-29(37)24-27-23-26(2)42-35(27)41/h23,26,28-29,31-34,36-37,39-40H,3-22,24-25H2,1-2H3/t26-,28+,29+,31-,32+,33+,34-/m0/s1. The number of hydrogen-bond donors (Lipinski definition) is 4. The van der Waals surface area contributed by atoms with Crippen LogP contribution < -0.4 is 0 Å². The average molecular weight is 611 g/mol. The molecule has 4 N–H and O–H groups in total. The summed E-state index contributed by atoms with van der Waals surface area (Å²) < 4.78 is 11.0. The second-order valence-electron chi connectivity index (χ2n) is 13.1. The third-order valence-corrected chi connectivity index (χ3v) is 9.00. The van der Waals surface area contributed by atoms with Crippen molar-refractivity contribution in [1.29, 1.82) is 0 Å². The molecule has 0 amide bonds. The lowest BCUT2D eigenvalue weighted by atomic mass is 9.99. The monoisotopic (exact) mass is 610 g/mol. The van der Waals surface area contributed by atoms with Gasteiger partial charge in [-0.25, -0.2) is 4.79 Å². The predicted octanol–water partition coefficient (Wildman–Crippen LogP) is 6.24. The fourth-order valence-corrected chi connectivity index (χ4v) is 6.31. The van der Waals surface area contributed by atoms with Gasteiger partial charge in [0.25, 0.3) is 0 Å². The van der Waals surface area contributed by atoms with Gasteiger partial charge in [-0.05, 0) is 51.5 Å². The lowest BCUT2D eigenvalue weighted by Crippen LogP contribution is -2.31. The topological polar surface area (TPSA) is 134 Å². The number of aliphatic hydroxyl groups is 4.